The zero-order chi connectivity index (χ0) is 18.0. The molecule has 0 aliphatic carbocycles. The summed E-state index contributed by atoms with van der Waals surface area (Å²) in [4.78, 5) is 12.3. The molecule has 134 valence electrons. The van der Waals surface area contributed by atoms with Crippen LogP contribution in [0.5, 0.6) is 0 Å². The van der Waals surface area contributed by atoms with Crippen LogP contribution in [0.2, 0.25) is 0 Å². The monoisotopic (exact) mass is 363 g/mol. The molecule has 0 unspecified atom stereocenters. The fourth-order valence-electron chi connectivity index (χ4n) is 3.24. The molecule has 2 fully saturated rings. The standard InChI is InChI=1S/C18H22ClN3O3/c1-2-24-18(21)15(19)16(20)14(23)7-10-3-5-11(6-4-10)17-13-8-12(25-17)9-22-13/h3-6,12-13,17,21-22H,2,7-9,20H2,1H3/b16-15+,21-18?/t12-,13-,17+/m1/s1. The van der Waals surface area contributed by atoms with E-state index in [2.05, 4.69) is 5.32 Å². The normalized spacial score (nSPS) is 25.6. The maximum Gasteiger partial charge on any atom is 0.227 e. The molecule has 0 radical (unpaired) electrons. The molecule has 0 spiro atoms. The van der Waals surface area contributed by atoms with Crippen molar-refractivity contribution in [3.63, 3.8) is 0 Å². The molecule has 25 heavy (non-hydrogen) atoms. The number of allylic oxidation sites excluding steroid dienone is 1. The molecule has 3 rings (SSSR count). The van der Waals surface area contributed by atoms with Crippen LogP contribution in [0.15, 0.2) is 35.0 Å². The van der Waals surface area contributed by atoms with E-state index in [9.17, 15) is 4.79 Å². The Morgan fingerprint density at radius 2 is 2.16 bits per heavy atom. The Labute approximate surface area is 151 Å². The van der Waals surface area contributed by atoms with Gasteiger partial charge in [-0.1, -0.05) is 35.9 Å². The molecule has 4 N–H and O–H groups in total. The number of fused-ring (bicyclic) bond motifs is 2. The first kappa shape index (κ1) is 17.9. The number of carbonyl (C=O) groups excluding carboxylic acids is 1. The van der Waals surface area contributed by atoms with Crippen LogP contribution in [0, 0.1) is 5.41 Å². The van der Waals surface area contributed by atoms with Gasteiger partial charge >= 0.3 is 0 Å². The van der Waals surface area contributed by atoms with Crippen LogP contribution >= 0.6 is 11.6 Å². The first-order valence-corrected chi connectivity index (χ1v) is 8.75. The zero-order valence-corrected chi connectivity index (χ0v) is 14.8. The molecule has 2 aliphatic heterocycles. The fourth-order valence-corrected chi connectivity index (χ4v) is 3.40. The van der Waals surface area contributed by atoms with Crippen LogP contribution in [0.3, 0.4) is 0 Å². The van der Waals surface area contributed by atoms with Gasteiger partial charge in [-0.15, -0.1) is 0 Å². The van der Waals surface area contributed by atoms with Gasteiger partial charge in [-0.25, -0.2) is 0 Å². The van der Waals surface area contributed by atoms with Gasteiger partial charge in [0.25, 0.3) is 0 Å². The van der Waals surface area contributed by atoms with E-state index in [-0.39, 0.29) is 41.5 Å². The summed E-state index contributed by atoms with van der Waals surface area (Å²) in [5.41, 5.74) is 7.55. The van der Waals surface area contributed by atoms with E-state index in [0.717, 1.165) is 24.1 Å². The second-order valence-corrected chi connectivity index (χ2v) is 6.64. The third-order valence-corrected chi connectivity index (χ3v) is 4.90. The number of hydrogen-bond acceptors (Lipinski definition) is 6. The van der Waals surface area contributed by atoms with Crippen molar-refractivity contribution in [3.05, 3.63) is 46.1 Å². The number of carbonyl (C=O) groups is 1. The van der Waals surface area contributed by atoms with Crippen LogP contribution in [-0.4, -0.2) is 37.0 Å². The summed E-state index contributed by atoms with van der Waals surface area (Å²) in [6, 6.07) is 8.15. The summed E-state index contributed by atoms with van der Waals surface area (Å²) in [6.07, 6.45) is 1.56. The number of nitrogens with one attached hydrogen (secondary N) is 2. The molecule has 3 atom stereocenters. The lowest BCUT2D eigenvalue weighted by atomic mass is 9.99. The molecule has 7 heteroatoms. The second kappa shape index (κ2) is 7.56. The lowest BCUT2D eigenvalue weighted by Crippen LogP contribution is -2.33. The second-order valence-electron chi connectivity index (χ2n) is 6.26. The highest BCUT2D eigenvalue weighted by molar-refractivity contribution is 6.43. The van der Waals surface area contributed by atoms with Gasteiger partial charge in [0.05, 0.1) is 24.5 Å². The predicted molar refractivity (Wildman–Crippen MR) is 95.6 cm³/mol. The molecule has 6 nitrogen and oxygen atoms in total. The number of morpholine rings is 1. The highest BCUT2D eigenvalue weighted by Crippen LogP contribution is 2.36. The van der Waals surface area contributed by atoms with Crippen molar-refractivity contribution in [2.45, 2.75) is 38.0 Å². The van der Waals surface area contributed by atoms with Crippen LogP contribution in [-0.2, 0) is 20.7 Å². The largest absolute Gasteiger partial charge is 0.477 e. The van der Waals surface area contributed by atoms with E-state index >= 15 is 0 Å². The number of nitrogens with two attached hydrogens (primary N) is 1. The SMILES string of the molecule is CCOC(=N)/C(Cl)=C(\N)C(=O)Cc1ccc([C@@H]2O[C@H]3CN[C@@H]2C3)cc1. The van der Waals surface area contributed by atoms with Crippen molar-refractivity contribution in [3.8, 4) is 0 Å². The molecule has 2 saturated heterocycles. The lowest BCUT2D eigenvalue weighted by molar-refractivity contribution is -0.115. The number of benzene rings is 1. The third-order valence-electron chi connectivity index (χ3n) is 4.53. The number of Topliss-reactive ketones (excluding diaryl/α,β-unsaturated/α-hetero) is 1. The lowest BCUT2D eigenvalue weighted by Gasteiger charge is -2.23. The van der Waals surface area contributed by atoms with E-state index in [0.29, 0.717) is 12.1 Å². The number of ketones is 1. The summed E-state index contributed by atoms with van der Waals surface area (Å²) in [5.74, 6) is -0.619. The van der Waals surface area contributed by atoms with Gasteiger partial charge in [-0.3, -0.25) is 10.2 Å². The Morgan fingerprint density at radius 3 is 2.72 bits per heavy atom. The van der Waals surface area contributed by atoms with Gasteiger partial charge in [-0.05, 0) is 24.5 Å². The number of rotatable bonds is 6. The van der Waals surface area contributed by atoms with Crippen LogP contribution in [0.4, 0.5) is 0 Å². The molecule has 0 saturated carbocycles. The Balaban J connectivity index is 1.64. The minimum atomic E-state index is -0.333. The smallest absolute Gasteiger partial charge is 0.227 e. The third kappa shape index (κ3) is 3.86. The Kier molecular flexibility index (Phi) is 5.42. The molecule has 2 heterocycles. The maximum absolute atomic E-state index is 12.3. The average Bonchev–Trinajstić information content (AvgIpc) is 3.24. The first-order valence-electron chi connectivity index (χ1n) is 8.37. The average molecular weight is 364 g/mol. The van der Waals surface area contributed by atoms with Crippen LogP contribution < -0.4 is 11.1 Å². The van der Waals surface area contributed by atoms with Gasteiger partial charge in [0.15, 0.2) is 5.78 Å². The van der Waals surface area contributed by atoms with Crippen molar-refractivity contribution < 1.29 is 14.3 Å². The molecule has 1 aromatic rings. The summed E-state index contributed by atoms with van der Waals surface area (Å²) >= 11 is 5.93. The van der Waals surface area contributed by atoms with Crippen molar-refractivity contribution in [1.82, 2.24) is 5.32 Å². The summed E-state index contributed by atoms with van der Waals surface area (Å²) in [5, 5.41) is 10.9. The van der Waals surface area contributed by atoms with Gasteiger partial charge < -0.3 is 20.5 Å². The highest BCUT2D eigenvalue weighted by atomic mass is 35.5. The molecule has 0 aromatic heterocycles. The predicted octanol–water partition coefficient (Wildman–Crippen LogP) is 2.02. The Morgan fingerprint density at radius 1 is 1.44 bits per heavy atom. The van der Waals surface area contributed by atoms with E-state index < -0.39 is 0 Å². The Bertz CT molecular complexity index is 702. The van der Waals surface area contributed by atoms with Gasteiger partial charge in [0, 0.05) is 19.0 Å². The molecule has 2 aliphatic rings. The van der Waals surface area contributed by atoms with Crippen molar-refractivity contribution in [1.29, 1.82) is 5.41 Å². The molecular weight excluding hydrogens is 342 g/mol. The maximum atomic E-state index is 12.3. The molecular formula is C18H22ClN3O3. The van der Waals surface area contributed by atoms with E-state index in [1.54, 1.807) is 6.92 Å². The fraction of sp³-hybridized carbons (Fsp3) is 0.444. The van der Waals surface area contributed by atoms with Gasteiger partial charge in [0.1, 0.15) is 5.03 Å². The van der Waals surface area contributed by atoms with Gasteiger partial charge in [-0.2, -0.15) is 0 Å². The first-order chi connectivity index (χ1) is 12.0. The molecule has 0 amide bonds. The number of hydrogen-bond donors (Lipinski definition) is 3. The van der Waals surface area contributed by atoms with E-state index in [1.807, 2.05) is 24.3 Å². The summed E-state index contributed by atoms with van der Waals surface area (Å²) in [6.45, 7) is 2.95. The van der Waals surface area contributed by atoms with E-state index in [4.69, 9.17) is 32.2 Å². The zero-order valence-electron chi connectivity index (χ0n) is 14.0. The van der Waals surface area contributed by atoms with Crippen LogP contribution in [0.25, 0.3) is 0 Å². The number of ether oxygens (including phenoxy) is 2. The van der Waals surface area contributed by atoms with Crippen LogP contribution in [0.1, 0.15) is 30.6 Å². The highest BCUT2D eigenvalue weighted by Gasteiger charge is 2.41. The van der Waals surface area contributed by atoms with Crippen molar-refractivity contribution >= 4 is 23.3 Å². The quantitative estimate of drug-likeness (QED) is 0.408. The molecule has 2 bridgehead atoms. The number of halogens is 1. The van der Waals surface area contributed by atoms with E-state index in [1.165, 1.54) is 0 Å². The minimum Gasteiger partial charge on any atom is -0.477 e. The summed E-state index contributed by atoms with van der Waals surface area (Å²) < 4.78 is 10.9. The topological polar surface area (TPSA) is 97.4 Å². The molecule has 1 aromatic carbocycles. The minimum absolute atomic E-state index is 0.0783. The summed E-state index contributed by atoms with van der Waals surface area (Å²) in [7, 11) is 0. The Hall–Kier alpha value is -1.89. The van der Waals surface area contributed by atoms with Crippen molar-refractivity contribution in [2.24, 2.45) is 5.73 Å². The van der Waals surface area contributed by atoms with Crippen molar-refractivity contribution in [2.75, 3.05) is 13.2 Å². The van der Waals surface area contributed by atoms with Gasteiger partial charge in [0.2, 0.25) is 5.90 Å².